The summed E-state index contributed by atoms with van der Waals surface area (Å²) in [6.45, 7) is 1.42. The van der Waals surface area contributed by atoms with Gasteiger partial charge in [-0.25, -0.2) is 0 Å². The minimum absolute atomic E-state index is 0.176. The molecule has 0 amide bonds. The molecular formula is C6H11Br2NO3. The van der Waals surface area contributed by atoms with E-state index in [1.54, 1.807) is 0 Å². The Morgan fingerprint density at radius 2 is 1.67 bits per heavy atom. The van der Waals surface area contributed by atoms with Crippen LogP contribution < -0.4 is 5.73 Å². The van der Waals surface area contributed by atoms with Crippen LogP contribution in [-0.2, 0) is 9.59 Å². The Kier molecular flexibility index (Phi) is 11.1. The third-order valence-electron chi connectivity index (χ3n) is 0.688. The van der Waals surface area contributed by atoms with Gasteiger partial charge in [0.25, 0.3) is 0 Å². The summed E-state index contributed by atoms with van der Waals surface area (Å²) in [6.07, 6.45) is 0. The number of carbonyl (C=O) groups excluding carboxylic acids is 1. The Morgan fingerprint density at radius 1 is 1.42 bits per heavy atom. The van der Waals surface area contributed by atoms with Gasteiger partial charge in [-0.1, -0.05) is 31.9 Å². The highest BCUT2D eigenvalue weighted by Crippen LogP contribution is 1.86. The second-order valence-electron chi connectivity index (χ2n) is 1.93. The Labute approximate surface area is 87.8 Å². The van der Waals surface area contributed by atoms with Crippen molar-refractivity contribution in [1.82, 2.24) is 0 Å². The normalized spacial score (nSPS) is 11.0. The number of hydrogen-bond donors (Lipinski definition) is 2. The van der Waals surface area contributed by atoms with Crippen LogP contribution in [0.5, 0.6) is 0 Å². The fraction of sp³-hybridized carbons (Fsp3) is 0.667. The number of Topliss-reactive ketones (excluding diaryl/α,β-unsaturated/α-hetero) is 1. The van der Waals surface area contributed by atoms with E-state index < -0.39 is 12.0 Å². The lowest BCUT2D eigenvalue weighted by Gasteiger charge is -1.90. The average molecular weight is 305 g/mol. The highest BCUT2D eigenvalue weighted by molar-refractivity contribution is 9.10. The van der Waals surface area contributed by atoms with Gasteiger partial charge in [0.05, 0.1) is 10.7 Å². The molecule has 0 unspecified atom stereocenters. The van der Waals surface area contributed by atoms with Crippen molar-refractivity contribution in [2.75, 3.05) is 10.7 Å². The first-order valence-corrected chi connectivity index (χ1v) is 5.32. The largest absolute Gasteiger partial charge is 0.480 e. The van der Waals surface area contributed by atoms with E-state index in [9.17, 15) is 9.59 Å². The van der Waals surface area contributed by atoms with Crippen LogP contribution in [0.15, 0.2) is 0 Å². The van der Waals surface area contributed by atoms with Crippen molar-refractivity contribution >= 4 is 43.6 Å². The SMILES string of the molecule is C[C@H](N)C(=O)O.O=C(CBr)CBr. The van der Waals surface area contributed by atoms with Crippen LogP contribution in [0.2, 0.25) is 0 Å². The molecular weight excluding hydrogens is 294 g/mol. The molecule has 6 heteroatoms. The van der Waals surface area contributed by atoms with Crippen LogP contribution in [0.1, 0.15) is 6.92 Å². The van der Waals surface area contributed by atoms with Gasteiger partial charge < -0.3 is 10.8 Å². The zero-order chi connectivity index (χ0) is 10.1. The van der Waals surface area contributed by atoms with Gasteiger partial charge in [-0.05, 0) is 6.92 Å². The molecule has 0 fully saturated rings. The van der Waals surface area contributed by atoms with E-state index in [-0.39, 0.29) is 5.78 Å². The Hall–Kier alpha value is 0.0600. The summed E-state index contributed by atoms with van der Waals surface area (Å²) >= 11 is 5.99. The standard InChI is InChI=1S/C3H4Br2O.C3H7NO2/c4-1-3(6)2-5;1-2(4)3(5)6/h1-2H2;2H,4H2,1H3,(H,5,6)/t;2-/m.0/s1. The molecule has 4 nitrogen and oxygen atoms in total. The lowest BCUT2D eigenvalue weighted by atomic mass is 10.4. The summed E-state index contributed by atoms with van der Waals surface area (Å²) in [4.78, 5) is 19.7. The first-order valence-electron chi connectivity index (χ1n) is 3.07. The number of alkyl halides is 2. The summed E-state index contributed by atoms with van der Waals surface area (Å²) in [6, 6.07) is -0.731. The van der Waals surface area contributed by atoms with Crippen LogP contribution in [0, 0.1) is 0 Å². The third-order valence-corrected chi connectivity index (χ3v) is 1.94. The maximum atomic E-state index is 10.1. The van der Waals surface area contributed by atoms with E-state index in [1.807, 2.05) is 0 Å². The highest BCUT2D eigenvalue weighted by atomic mass is 79.9. The van der Waals surface area contributed by atoms with Gasteiger partial charge in [0.2, 0.25) is 0 Å². The quantitative estimate of drug-likeness (QED) is 0.755. The van der Waals surface area contributed by atoms with E-state index in [0.717, 1.165) is 0 Å². The molecule has 12 heavy (non-hydrogen) atoms. The number of nitrogens with two attached hydrogens (primary N) is 1. The number of rotatable bonds is 3. The molecule has 0 saturated heterocycles. The van der Waals surface area contributed by atoms with Crippen LogP contribution in [-0.4, -0.2) is 33.6 Å². The number of carbonyl (C=O) groups is 2. The molecule has 1 atom stereocenters. The van der Waals surface area contributed by atoms with Crippen LogP contribution in [0.3, 0.4) is 0 Å². The number of halogens is 2. The fourth-order valence-corrected chi connectivity index (χ4v) is 0.964. The Bertz CT molecular complexity index is 142. The first-order chi connectivity index (χ1) is 5.45. The smallest absolute Gasteiger partial charge is 0.320 e. The lowest BCUT2D eigenvalue weighted by molar-refractivity contribution is -0.138. The minimum atomic E-state index is -0.963. The van der Waals surface area contributed by atoms with Crippen molar-refractivity contribution in [2.24, 2.45) is 5.73 Å². The molecule has 0 aliphatic heterocycles. The highest BCUT2D eigenvalue weighted by Gasteiger charge is 1.99. The Balaban J connectivity index is 0. The van der Waals surface area contributed by atoms with Crippen LogP contribution in [0.25, 0.3) is 0 Å². The summed E-state index contributed by atoms with van der Waals surface area (Å²) in [5, 5.41) is 8.78. The number of hydrogen-bond acceptors (Lipinski definition) is 3. The number of carboxylic acid groups (broad SMARTS) is 1. The first kappa shape index (κ1) is 14.6. The molecule has 3 N–H and O–H groups in total. The van der Waals surface area contributed by atoms with Gasteiger partial charge in [-0.2, -0.15) is 0 Å². The maximum absolute atomic E-state index is 10.1. The van der Waals surface area contributed by atoms with Crippen molar-refractivity contribution < 1.29 is 14.7 Å². The van der Waals surface area contributed by atoms with E-state index in [0.29, 0.717) is 10.7 Å². The monoisotopic (exact) mass is 303 g/mol. The molecule has 0 bridgehead atoms. The van der Waals surface area contributed by atoms with Crippen molar-refractivity contribution in [2.45, 2.75) is 13.0 Å². The van der Waals surface area contributed by atoms with Crippen molar-refractivity contribution in [3.63, 3.8) is 0 Å². The predicted octanol–water partition coefficient (Wildman–Crippen LogP) is 0.764. The predicted molar refractivity (Wildman–Crippen MR) is 53.9 cm³/mol. The van der Waals surface area contributed by atoms with Crippen molar-refractivity contribution in [3.05, 3.63) is 0 Å². The zero-order valence-electron chi connectivity index (χ0n) is 6.59. The molecule has 0 rings (SSSR count). The summed E-state index contributed by atoms with van der Waals surface area (Å²) in [5.41, 5.74) is 4.84. The molecule has 0 aromatic heterocycles. The molecule has 0 heterocycles. The van der Waals surface area contributed by atoms with Gasteiger partial charge in [0.1, 0.15) is 6.04 Å². The number of ketones is 1. The molecule has 0 saturated carbocycles. The van der Waals surface area contributed by atoms with E-state index >= 15 is 0 Å². The van der Waals surface area contributed by atoms with Crippen molar-refractivity contribution in [1.29, 1.82) is 0 Å². The van der Waals surface area contributed by atoms with E-state index in [4.69, 9.17) is 10.8 Å². The summed E-state index contributed by atoms with van der Waals surface area (Å²) < 4.78 is 0. The maximum Gasteiger partial charge on any atom is 0.320 e. The topological polar surface area (TPSA) is 80.4 Å². The lowest BCUT2D eigenvalue weighted by Crippen LogP contribution is -2.25. The molecule has 0 spiro atoms. The molecule has 72 valence electrons. The Morgan fingerprint density at radius 3 is 1.67 bits per heavy atom. The molecule has 0 aliphatic rings. The summed E-state index contributed by atoms with van der Waals surface area (Å²) in [7, 11) is 0. The molecule has 0 aromatic carbocycles. The van der Waals surface area contributed by atoms with Gasteiger partial charge in [-0.3, -0.25) is 9.59 Å². The zero-order valence-corrected chi connectivity index (χ0v) is 9.76. The van der Waals surface area contributed by atoms with Gasteiger partial charge in [0.15, 0.2) is 5.78 Å². The average Bonchev–Trinajstić information content (AvgIpc) is 2.04. The van der Waals surface area contributed by atoms with Crippen LogP contribution in [0.4, 0.5) is 0 Å². The van der Waals surface area contributed by atoms with Crippen molar-refractivity contribution in [3.8, 4) is 0 Å². The molecule has 0 aliphatic carbocycles. The van der Waals surface area contributed by atoms with E-state index in [1.165, 1.54) is 6.92 Å². The fourth-order valence-electron chi connectivity index (χ4n) is 0.0357. The third kappa shape index (κ3) is 12.7. The van der Waals surface area contributed by atoms with E-state index in [2.05, 4.69) is 31.9 Å². The van der Waals surface area contributed by atoms with Gasteiger partial charge >= 0.3 is 5.97 Å². The molecule has 0 radical (unpaired) electrons. The van der Waals surface area contributed by atoms with Gasteiger partial charge in [0, 0.05) is 0 Å². The van der Waals surface area contributed by atoms with Crippen LogP contribution >= 0.6 is 31.9 Å². The minimum Gasteiger partial charge on any atom is -0.480 e. The molecule has 0 aromatic rings. The number of carboxylic acids is 1. The van der Waals surface area contributed by atoms with Gasteiger partial charge in [-0.15, -0.1) is 0 Å². The second kappa shape index (κ2) is 9.15. The summed E-state index contributed by atoms with van der Waals surface area (Å²) in [5.74, 6) is -0.787. The number of aliphatic carboxylic acids is 1. The second-order valence-corrected chi connectivity index (χ2v) is 3.05.